The van der Waals surface area contributed by atoms with Gasteiger partial charge in [0, 0.05) is 119 Å². The van der Waals surface area contributed by atoms with Crippen molar-refractivity contribution in [1.82, 2.24) is 44.9 Å². The molecule has 5 fully saturated rings. The molecule has 25 heteroatoms. The summed E-state index contributed by atoms with van der Waals surface area (Å²) in [6, 6.07) is 7.30. The van der Waals surface area contributed by atoms with Crippen molar-refractivity contribution >= 4 is 45.2 Å². The molecule has 3 aromatic rings. The smallest absolute Gasteiger partial charge is 0.417 e. The maximum Gasteiger partial charge on any atom is 0.417 e. The molecule has 1 saturated carbocycles. The molecule has 0 bridgehead atoms. The molecule has 0 spiro atoms. The summed E-state index contributed by atoms with van der Waals surface area (Å²) >= 11 is 0. The SMILES string of the molecule is COc1c([C@H]2[C@H](C(=O)Nc3ccnc(CNCCCNC(=O)C4CCC(N5CCN(S(=O)(=O)C6CCN(C(=O)[C@H](C)NC(=O)[C@H]7CC(=O)N(C)[C@@H]7c7cccnc7)CC6)CC5)CC4)c3)O[C@@](C)(C(F)(F)F)[C@H]2C)ccc(F)c1F. The largest absolute Gasteiger partial charge is 0.493 e. The Morgan fingerprint density at radius 2 is 1.63 bits per heavy atom. The predicted molar refractivity (Wildman–Crippen MR) is 279 cm³/mol. The number of likely N-dealkylation sites (tertiary alicyclic amines) is 2. The van der Waals surface area contributed by atoms with Crippen molar-refractivity contribution in [3.05, 3.63) is 83.4 Å². The number of carbonyl (C=O) groups excluding carboxylic acids is 5. The van der Waals surface area contributed by atoms with Crippen LogP contribution in [0.3, 0.4) is 0 Å². The lowest BCUT2D eigenvalue weighted by Gasteiger charge is -2.42. The van der Waals surface area contributed by atoms with Gasteiger partial charge in [0.2, 0.25) is 39.5 Å². The molecule has 432 valence electrons. The number of nitrogens with zero attached hydrogens (tertiary/aromatic N) is 6. The average Bonchev–Trinajstić information content (AvgIpc) is 4.12. The molecule has 1 aromatic carbocycles. The predicted octanol–water partition coefficient (Wildman–Crippen LogP) is 4.66. The lowest BCUT2D eigenvalue weighted by Crippen LogP contribution is -2.56. The van der Waals surface area contributed by atoms with Crippen molar-refractivity contribution in [2.45, 2.75) is 126 Å². The second-order valence-electron chi connectivity index (χ2n) is 21.6. The Bertz CT molecular complexity index is 2800. The number of sulfonamides is 1. The molecular formula is C54H71F5N10O9S. The van der Waals surface area contributed by atoms with E-state index in [-0.39, 0.29) is 79.8 Å². The first-order valence-electron chi connectivity index (χ1n) is 27.0. The summed E-state index contributed by atoms with van der Waals surface area (Å²) in [4.78, 5) is 80.3. The fraction of sp³-hybridized carbons (Fsp3) is 0.611. The third-order valence-electron chi connectivity index (χ3n) is 16.9. The van der Waals surface area contributed by atoms with Gasteiger partial charge in [0.15, 0.2) is 17.2 Å². The van der Waals surface area contributed by atoms with Gasteiger partial charge in [-0.3, -0.25) is 38.8 Å². The lowest BCUT2D eigenvalue weighted by molar-refractivity contribution is -0.272. The molecule has 1 aliphatic carbocycles. The molecule has 5 amide bonds. The third kappa shape index (κ3) is 12.8. The maximum absolute atomic E-state index is 14.8. The molecule has 0 unspecified atom stereocenters. The number of rotatable bonds is 18. The van der Waals surface area contributed by atoms with Crippen molar-refractivity contribution in [3.63, 3.8) is 0 Å². The number of hydrogen-bond donors (Lipinski definition) is 4. The van der Waals surface area contributed by atoms with Crippen LogP contribution in [0.15, 0.2) is 55.0 Å². The van der Waals surface area contributed by atoms with Crippen LogP contribution in [-0.4, -0.2) is 169 Å². The highest BCUT2D eigenvalue weighted by molar-refractivity contribution is 7.89. The van der Waals surface area contributed by atoms with E-state index < -0.39 is 92.2 Å². The number of halogens is 5. The van der Waals surface area contributed by atoms with Crippen LogP contribution in [0, 0.1) is 29.4 Å². The molecule has 4 N–H and O–H groups in total. The van der Waals surface area contributed by atoms with Gasteiger partial charge >= 0.3 is 6.18 Å². The summed E-state index contributed by atoms with van der Waals surface area (Å²) in [5.41, 5.74) is -1.48. The van der Waals surface area contributed by atoms with Gasteiger partial charge in [0.05, 0.1) is 30.0 Å². The van der Waals surface area contributed by atoms with E-state index in [0.29, 0.717) is 64.2 Å². The molecule has 2 aromatic heterocycles. The number of carbonyl (C=O) groups is 5. The molecule has 8 rings (SSSR count). The van der Waals surface area contributed by atoms with Gasteiger partial charge in [-0.15, -0.1) is 0 Å². The Morgan fingerprint density at radius 3 is 2.29 bits per heavy atom. The Kier molecular flexibility index (Phi) is 18.6. The molecule has 0 radical (unpaired) electrons. The van der Waals surface area contributed by atoms with Gasteiger partial charge in [0.25, 0.3) is 5.91 Å². The number of pyridine rings is 2. The van der Waals surface area contributed by atoms with Crippen LogP contribution < -0.4 is 26.0 Å². The Labute approximate surface area is 457 Å². The van der Waals surface area contributed by atoms with Gasteiger partial charge in [-0.1, -0.05) is 19.1 Å². The molecule has 6 heterocycles. The van der Waals surface area contributed by atoms with Crippen LogP contribution in [0.5, 0.6) is 5.75 Å². The average molecular weight is 1130 g/mol. The number of alkyl halides is 3. The number of piperidine rings is 1. The molecule has 4 aliphatic heterocycles. The normalized spacial score (nSPS) is 26.9. The first-order chi connectivity index (χ1) is 37.5. The van der Waals surface area contributed by atoms with Gasteiger partial charge in [-0.25, -0.2) is 12.8 Å². The van der Waals surface area contributed by atoms with Crippen molar-refractivity contribution in [2.24, 2.45) is 17.8 Å². The zero-order valence-corrected chi connectivity index (χ0v) is 45.9. The van der Waals surface area contributed by atoms with Gasteiger partial charge in [-0.05, 0) is 95.2 Å². The number of piperazine rings is 1. The third-order valence-corrected chi connectivity index (χ3v) is 19.3. The number of benzene rings is 1. The van der Waals surface area contributed by atoms with Crippen LogP contribution in [-0.2, 0) is 45.3 Å². The quantitative estimate of drug-likeness (QED) is 0.101. The van der Waals surface area contributed by atoms with Crippen LogP contribution in [0.2, 0.25) is 0 Å². The highest BCUT2D eigenvalue weighted by atomic mass is 32.2. The summed E-state index contributed by atoms with van der Waals surface area (Å²) < 4.78 is 112. The summed E-state index contributed by atoms with van der Waals surface area (Å²) in [7, 11) is -0.925. The minimum Gasteiger partial charge on any atom is -0.493 e. The van der Waals surface area contributed by atoms with Gasteiger partial charge < -0.3 is 40.5 Å². The Balaban J connectivity index is 0.712. The first kappa shape index (κ1) is 59.2. The fourth-order valence-corrected chi connectivity index (χ4v) is 14.0. The van der Waals surface area contributed by atoms with Crippen LogP contribution >= 0.6 is 0 Å². The van der Waals surface area contributed by atoms with E-state index in [4.69, 9.17) is 9.47 Å². The monoisotopic (exact) mass is 1130 g/mol. The second kappa shape index (κ2) is 24.9. The molecule has 79 heavy (non-hydrogen) atoms. The topological polar surface area (TPSA) is 225 Å². The number of nitrogens with one attached hydrogen (secondary N) is 4. The minimum atomic E-state index is -4.91. The number of ether oxygens (including phenoxy) is 2. The molecule has 5 aliphatic rings. The zero-order chi connectivity index (χ0) is 57.0. The number of hydrogen-bond acceptors (Lipinski definition) is 13. The molecule has 7 atom stereocenters. The lowest BCUT2D eigenvalue weighted by atomic mass is 9.77. The first-order valence-corrected chi connectivity index (χ1v) is 28.5. The molecular weight excluding hydrogens is 1060 g/mol. The number of anilines is 1. The highest BCUT2D eigenvalue weighted by Crippen LogP contribution is 2.55. The Hall–Kier alpha value is -5.89. The van der Waals surface area contributed by atoms with Crippen LogP contribution in [0.25, 0.3) is 0 Å². The van der Waals surface area contributed by atoms with Crippen molar-refractivity contribution in [1.29, 1.82) is 0 Å². The number of amides is 5. The van der Waals surface area contributed by atoms with E-state index in [0.717, 1.165) is 44.6 Å². The van der Waals surface area contributed by atoms with Crippen molar-refractivity contribution < 1.29 is 63.8 Å². The summed E-state index contributed by atoms with van der Waals surface area (Å²) in [6.07, 6.45) is 2.23. The van der Waals surface area contributed by atoms with Crippen LogP contribution in [0.1, 0.15) is 101 Å². The van der Waals surface area contributed by atoms with E-state index in [9.17, 15) is 54.3 Å². The maximum atomic E-state index is 14.8. The summed E-state index contributed by atoms with van der Waals surface area (Å²) in [6.45, 7) is 7.23. The number of aromatic nitrogens is 2. The van der Waals surface area contributed by atoms with E-state index in [2.05, 4.69) is 36.1 Å². The molecule has 19 nitrogen and oxygen atoms in total. The standard InChI is InChI=1S/C54H71F5N10O9S/c1-32-44(40-13-14-42(55)45(56)47(40)77-5)48(78-53(32,3)54(57,58)59)51(73)65-36-15-21-62-37(28-36)31-61-19-7-20-63-49(71)34-9-11-38(12-10-34)67-24-26-69(27-25-67)79(75,76)39-16-22-68(23-17-39)52(74)33(2)64-50(72)41-29-43(70)66(4)46(41)35-8-6-18-60-30-35/h6,8,13-15,18,21,28,30,32-34,38-39,41,44,46,48,61H,7,9-12,16-17,19-20,22-27,29,31H2,1-5H3,(H,63,71)(H,64,72)(H,62,65,73)/t32-,33-,34?,38?,41-,44-,46+,48+,53+/m0/s1. The summed E-state index contributed by atoms with van der Waals surface area (Å²) in [5.74, 6) is -8.69. The Morgan fingerprint density at radius 1 is 0.924 bits per heavy atom. The van der Waals surface area contributed by atoms with Crippen molar-refractivity contribution in [3.8, 4) is 5.75 Å². The zero-order valence-electron chi connectivity index (χ0n) is 45.1. The van der Waals surface area contributed by atoms with Gasteiger partial charge in [0.1, 0.15) is 12.1 Å². The summed E-state index contributed by atoms with van der Waals surface area (Å²) in [5, 5.41) is 11.1. The molecule has 4 saturated heterocycles. The fourth-order valence-electron chi connectivity index (χ4n) is 12.1. The highest BCUT2D eigenvalue weighted by Gasteiger charge is 2.66. The van der Waals surface area contributed by atoms with Gasteiger partial charge in [-0.2, -0.15) is 21.9 Å². The second-order valence-corrected chi connectivity index (χ2v) is 23.8. The van der Waals surface area contributed by atoms with Crippen LogP contribution in [0.4, 0.5) is 27.6 Å². The number of methoxy groups -OCH3 is 1. The minimum absolute atomic E-state index is 0.0140. The van der Waals surface area contributed by atoms with Crippen molar-refractivity contribution in [2.75, 3.05) is 71.8 Å². The van der Waals surface area contributed by atoms with E-state index in [1.165, 1.54) is 24.1 Å². The van der Waals surface area contributed by atoms with E-state index >= 15 is 0 Å². The van der Waals surface area contributed by atoms with E-state index in [1.807, 2.05) is 6.07 Å². The van der Waals surface area contributed by atoms with E-state index in [1.54, 1.807) is 47.7 Å².